The number of anilines is 1. The van der Waals surface area contributed by atoms with Gasteiger partial charge in [-0.1, -0.05) is 19.9 Å². The van der Waals surface area contributed by atoms with E-state index in [1.165, 1.54) is 5.56 Å². The first-order valence-corrected chi connectivity index (χ1v) is 6.72. The van der Waals surface area contributed by atoms with Gasteiger partial charge in [0.05, 0.1) is 12.8 Å². The van der Waals surface area contributed by atoms with E-state index in [4.69, 9.17) is 10.5 Å². The molecule has 0 amide bonds. The minimum Gasteiger partial charge on any atom is -0.495 e. The molecule has 1 atom stereocenters. The van der Waals surface area contributed by atoms with E-state index in [9.17, 15) is 0 Å². The van der Waals surface area contributed by atoms with Gasteiger partial charge in [0.2, 0.25) is 0 Å². The van der Waals surface area contributed by atoms with Gasteiger partial charge in [-0.15, -0.1) is 0 Å². The average molecular weight is 250 g/mol. The molecule has 0 fully saturated rings. The van der Waals surface area contributed by atoms with E-state index in [1.807, 2.05) is 13.0 Å². The lowest BCUT2D eigenvalue weighted by atomic mass is 10.0. The van der Waals surface area contributed by atoms with E-state index in [1.54, 1.807) is 7.11 Å². The third kappa shape index (κ3) is 4.57. The SMILES string of the molecule is COc1ccc(C(C)C)cc1NCCCC(C)N. The van der Waals surface area contributed by atoms with Crippen LogP contribution in [-0.4, -0.2) is 19.7 Å². The minimum absolute atomic E-state index is 0.274. The lowest BCUT2D eigenvalue weighted by molar-refractivity contribution is 0.416. The first kappa shape index (κ1) is 14.8. The van der Waals surface area contributed by atoms with Crippen LogP contribution in [0.2, 0.25) is 0 Å². The Morgan fingerprint density at radius 1 is 1.28 bits per heavy atom. The number of nitrogens with two attached hydrogens (primary N) is 1. The maximum atomic E-state index is 5.74. The van der Waals surface area contributed by atoms with Crippen LogP contribution in [0.1, 0.15) is 45.1 Å². The highest BCUT2D eigenvalue weighted by atomic mass is 16.5. The lowest BCUT2D eigenvalue weighted by Crippen LogP contribution is -2.16. The van der Waals surface area contributed by atoms with Crippen molar-refractivity contribution in [2.24, 2.45) is 5.73 Å². The summed E-state index contributed by atoms with van der Waals surface area (Å²) in [6.45, 7) is 7.36. The molecule has 0 saturated heterocycles. The second-order valence-corrected chi connectivity index (χ2v) is 5.16. The van der Waals surface area contributed by atoms with Crippen molar-refractivity contribution in [3.05, 3.63) is 23.8 Å². The highest BCUT2D eigenvalue weighted by molar-refractivity contribution is 5.58. The predicted octanol–water partition coefficient (Wildman–Crippen LogP) is 3.36. The first-order valence-electron chi connectivity index (χ1n) is 6.72. The first-order chi connectivity index (χ1) is 8.54. The number of hydrogen-bond donors (Lipinski definition) is 2. The van der Waals surface area contributed by atoms with Crippen molar-refractivity contribution in [1.82, 2.24) is 0 Å². The molecule has 0 aliphatic rings. The van der Waals surface area contributed by atoms with Crippen LogP contribution in [0.4, 0.5) is 5.69 Å². The van der Waals surface area contributed by atoms with E-state index in [0.29, 0.717) is 5.92 Å². The van der Waals surface area contributed by atoms with Crippen molar-refractivity contribution < 1.29 is 4.74 Å². The molecular weight excluding hydrogens is 224 g/mol. The smallest absolute Gasteiger partial charge is 0.141 e. The van der Waals surface area contributed by atoms with Gasteiger partial charge in [-0.3, -0.25) is 0 Å². The van der Waals surface area contributed by atoms with Crippen LogP contribution < -0.4 is 15.8 Å². The van der Waals surface area contributed by atoms with Gasteiger partial charge < -0.3 is 15.8 Å². The van der Waals surface area contributed by atoms with Crippen LogP contribution in [-0.2, 0) is 0 Å². The van der Waals surface area contributed by atoms with Crippen molar-refractivity contribution in [1.29, 1.82) is 0 Å². The largest absolute Gasteiger partial charge is 0.495 e. The number of ether oxygens (including phenoxy) is 1. The molecule has 0 bridgehead atoms. The van der Waals surface area contributed by atoms with E-state index < -0.39 is 0 Å². The molecule has 3 N–H and O–H groups in total. The third-order valence-corrected chi connectivity index (χ3v) is 3.04. The normalized spacial score (nSPS) is 12.6. The molecular formula is C15H26N2O. The van der Waals surface area contributed by atoms with Crippen LogP contribution in [0.5, 0.6) is 5.75 Å². The van der Waals surface area contributed by atoms with Crippen LogP contribution >= 0.6 is 0 Å². The predicted molar refractivity (Wildman–Crippen MR) is 78.5 cm³/mol. The lowest BCUT2D eigenvalue weighted by Gasteiger charge is -2.14. The molecule has 3 heteroatoms. The van der Waals surface area contributed by atoms with Gasteiger partial charge in [0, 0.05) is 12.6 Å². The summed E-state index contributed by atoms with van der Waals surface area (Å²) in [5.41, 5.74) is 8.14. The van der Waals surface area contributed by atoms with Crippen molar-refractivity contribution >= 4 is 5.69 Å². The zero-order valence-electron chi connectivity index (χ0n) is 12.0. The molecule has 0 aliphatic heterocycles. The molecule has 1 aromatic carbocycles. The monoisotopic (exact) mass is 250 g/mol. The fourth-order valence-electron chi connectivity index (χ4n) is 1.87. The number of hydrogen-bond acceptors (Lipinski definition) is 3. The highest BCUT2D eigenvalue weighted by Gasteiger charge is 2.06. The van der Waals surface area contributed by atoms with E-state index in [0.717, 1.165) is 30.8 Å². The van der Waals surface area contributed by atoms with Crippen molar-refractivity contribution in [2.45, 2.75) is 45.6 Å². The molecule has 102 valence electrons. The van der Waals surface area contributed by atoms with Crippen molar-refractivity contribution in [3.63, 3.8) is 0 Å². The van der Waals surface area contributed by atoms with Gasteiger partial charge in [0.25, 0.3) is 0 Å². The summed E-state index contributed by atoms with van der Waals surface area (Å²) in [5.74, 6) is 1.43. The highest BCUT2D eigenvalue weighted by Crippen LogP contribution is 2.28. The molecule has 0 spiro atoms. The van der Waals surface area contributed by atoms with Crippen molar-refractivity contribution in [3.8, 4) is 5.75 Å². The Kier molecular flexibility index (Phi) is 5.99. The van der Waals surface area contributed by atoms with E-state index >= 15 is 0 Å². The minimum atomic E-state index is 0.274. The molecule has 0 saturated carbocycles. The third-order valence-electron chi connectivity index (χ3n) is 3.04. The summed E-state index contributed by atoms with van der Waals surface area (Å²) in [4.78, 5) is 0. The maximum Gasteiger partial charge on any atom is 0.141 e. The van der Waals surface area contributed by atoms with E-state index in [-0.39, 0.29) is 6.04 Å². The molecule has 0 heterocycles. The van der Waals surface area contributed by atoms with Crippen LogP contribution in [0, 0.1) is 0 Å². The molecule has 3 nitrogen and oxygen atoms in total. The molecule has 0 aliphatic carbocycles. The van der Waals surface area contributed by atoms with Crippen molar-refractivity contribution in [2.75, 3.05) is 19.0 Å². The van der Waals surface area contributed by atoms with Gasteiger partial charge in [0.1, 0.15) is 5.75 Å². The summed E-state index contributed by atoms with van der Waals surface area (Å²) in [7, 11) is 1.71. The Bertz CT molecular complexity index is 362. The summed E-state index contributed by atoms with van der Waals surface area (Å²) in [6, 6.07) is 6.60. The maximum absolute atomic E-state index is 5.74. The number of methoxy groups -OCH3 is 1. The van der Waals surface area contributed by atoms with Crippen LogP contribution in [0.3, 0.4) is 0 Å². The summed E-state index contributed by atoms with van der Waals surface area (Å²) in [6.07, 6.45) is 2.12. The summed E-state index contributed by atoms with van der Waals surface area (Å²) >= 11 is 0. The molecule has 1 rings (SSSR count). The zero-order chi connectivity index (χ0) is 13.5. The fourth-order valence-corrected chi connectivity index (χ4v) is 1.87. The van der Waals surface area contributed by atoms with Gasteiger partial charge >= 0.3 is 0 Å². The quantitative estimate of drug-likeness (QED) is 0.729. The number of benzene rings is 1. The Hall–Kier alpha value is -1.22. The van der Waals surface area contributed by atoms with Gasteiger partial charge in [-0.2, -0.15) is 0 Å². The number of rotatable bonds is 7. The molecule has 0 radical (unpaired) electrons. The van der Waals surface area contributed by atoms with Gasteiger partial charge in [0.15, 0.2) is 0 Å². The van der Waals surface area contributed by atoms with E-state index in [2.05, 4.69) is 31.3 Å². The topological polar surface area (TPSA) is 47.3 Å². The summed E-state index contributed by atoms with van der Waals surface area (Å²) in [5, 5.41) is 3.43. The Morgan fingerprint density at radius 2 is 2.00 bits per heavy atom. The Morgan fingerprint density at radius 3 is 2.56 bits per heavy atom. The van der Waals surface area contributed by atoms with Crippen LogP contribution in [0.25, 0.3) is 0 Å². The zero-order valence-corrected chi connectivity index (χ0v) is 12.0. The number of nitrogens with one attached hydrogen (secondary N) is 1. The second kappa shape index (κ2) is 7.27. The molecule has 18 heavy (non-hydrogen) atoms. The Balaban J connectivity index is 2.63. The molecule has 0 aromatic heterocycles. The fraction of sp³-hybridized carbons (Fsp3) is 0.600. The van der Waals surface area contributed by atoms with Crippen LogP contribution in [0.15, 0.2) is 18.2 Å². The second-order valence-electron chi connectivity index (χ2n) is 5.16. The summed E-state index contributed by atoms with van der Waals surface area (Å²) < 4.78 is 5.37. The standard InChI is InChI=1S/C15H26N2O/c1-11(2)13-7-8-15(18-4)14(10-13)17-9-5-6-12(3)16/h7-8,10-12,17H,5-6,9,16H2,1-4H3. The molecule has 1 unspecified atom stereocenters. The van der Waals surface area contributed by atoms with Gasteiger partial charge in [-0.25, -0.2) is 0 Å². The molecule has 1 aromatic rings. The average Bonchev–Trinajstić information content (AvgIpc) is 2.34. The Labute approximate surface area is 111 Å². The van der Waals surface area contributed by atoms with Gasteiger partial charge in [-0.05, 0) is 43.4 Å².